The van der Waals surface area contributed by atoms with Crippen LogP contribution in [0.1, 0.15) is 37.6 Å². The summed E-state index contributed by atoms with van der Waals surface area (Å²) in [5, 5.41) is 6.30. The molecule has 1 aliphatic heterocycles. The summed E-state index contributed by atoms with van der Waals surface area (Å²) in [7, 11) is 3.90. The number of nitrogens with zero attached hydrogens (tertiary/aromatic N) is 4. The lowest BCUT2D eigenvalue weighted by atomic mass is 9.91. The maximum Gasteiger partial charge on any atom is 0.230 e. The average Bonchev–Trinajstić information content (AvgIpc) is 3.44. The molecule has 1 saturated heterocycles. The number of halogens is 1. The molecule has 220 valence electrons. The van der Waals surface area contributed by atoms with Gasteiger partial charge in [-0.05, 0) is 63.8 Å². The quantitative estimate of drug-likeness (QED) is 0.253. The van der Waals surface area contributed by atoms with E-state index in [1.807, 2.05) is 63.2 Å². The summed E-state index contributed by atoms with van der Waals surface area (Å²) in [6.07, 6.45) is 0.851. The van der Waals surface area contributed by atoms with E-state index in [0.717, 1.165) is 12.1 Å². The number of nitrogens with one attached hydrogen (secondary N) is 3. The van der Waals surface area contributed by atoms with E-state index in [4.69, 9.17) is 19.4 Å². The minimum absolute atomic E-state index is 0.0196. The number of hydrogen-bond acceptors (Lipinski definition) is 8. The van der Waals surface area contributed by atoms with Crippen LogP contribution in [0.25, 0.3) is 22.6 Å². The number of amides is 1. The zero-order chi connectivity index (χ0) is 29.7. The Hall–Kier alpha value is -4.19. The molecular formula is C31H36FN7O3. The smallest absolute Gasteiger partial charge is 0.230 e. The lowest BCUT2D eigenvalue weighted by Gasteiger charge is -2.35. The molecule has 1 unspecified atom stereocenters. The first kappa shape index (κ1) is 29.3. The third-order valence-corrected chi connectivity index (χ3v) is 7.12. The van der Waals surface area contributed by atoms with Gasteiger partial charge in [0.25, 0.3) is 0 Å². The first-order valence-corrected chi connectivity index (χ1v) is 13.9. The molecule has 1 aliphatic rings. The zero-order valence-corrected chi connectivity index (χ0v) is 24.2. The van der Waals surface area contributed by atoms with Crippen molar-refractivity contribution in [1.82, 2.24) is 30.2 Å². The minimum Gasteiger partial charge on any atom is -0.354 e. The molecule has 0 bridgehead atoms. The summed E-state index contributed by atoms with van der Waals surface area (Å²) in [6, 6.07) is 17.9. The van der Waals surface area contributed by atoms with E-state index in [1.54, 1.807) is 24.4 Å². The Kier molecular flexibility index (Phi) is 8.91. The summed E-state index contributed by atoms with van der Waals surface area (Å²) < 4.78 is 25.8. The molecule has 42 heavy (non-hydrogen) atoms. The second-order valence-corrected chi connectivity index (χ2v) is 11.0. The number of imidazole rings is 1. The van der Waals surface area contributed by atoms with E-state index in [-0.39, 0.29) is 31.0 Å². The van der Waals surface area contributed by atoms with Gasteiger partial charge in [0.1, 0.15) is 5.82 Å². The predicted octanol–water partition coefficient (Wildman–Crippen LogP) is 4.58. The number of benzene rings is 2. The summed E-state index contributed by atoms with van der Waals surface area (Å²) in [5.74, 6) is 0.402. The third-order valence-electron chi connectivity index (χ3n) is 7.12. The average molecular weight is 574 g/mol. The maximum absolute atomic E-state index is 13.8. The van der Waals surface area contributed by atoms with Crippen molar-refractivity contribution in [3.05, 3.63) is 84.1 Å². The fourth-order valence-electron chi connectivity index (χ4n) is 4.60. The Morgan fingerprint density at radius 2 is 1.81 bits per heavy atom. The molecule has 0 spiro atoms. The predicted molar refractivity (Wildman–Crippen MR) is 158 cm³/mol. The van der Waals surface area contributed by atoms with Crippen LogP contribution in [0.3, 0.4) is 0 Å². The first-order chi connectivity index (χ1) is 20.2. The van der Waals surface area contributed by atoms with Crippen LogP contribution in [0.4, 0.5) is 10.3 Å². The van der Waals surface area contributed by atoms with Crippen molar-refractivity contribution >= 4 is 11.9 Å². The number of rotatable bonds is 10. The Morgan fingerprint density at radius 1 is 1.10 bits per heavy atom. The molecule has 0 saturated carbocycles. The summed E-state index contributed by atoms with van der Waals surface area (Å²) in [4.78, 5) is 32.1. The number of H-pyrrole nitrogens is 1. The van der Waals surface area contributed by atoms with Gasteiger partial charge in [0.05, 0.1) is 41.8 Å². The van der Waals surface area contributed by atoms with E-state index in [2.05, 4.69) is 20.6 Å². The van der Waals surface area contributed by atoms with Gasteiger partial charge in [-0.25, -0.2) is 19.3 Å². The van der Waals surface area contributed by atoms with Gasteiger partial charge < -0.3 is 30.0 Å². The highest BCUT2D eigenvalue weighted by atomic mass is 19.1. The van der Waals surface area contributed by atoms with Crippen molar-refractivity contribution in [1.29, 1.82) is 0 Å². The Morgan fingerprint density at radius 3 is 2.50 bits per heavy atom. The molecule has 0 aliphatic carbocycles. The van der Waals surface area contributed by atoms with Gasteiger partial charge in [0, 0.05) is 24.8 Å². The SMILES string of the molecule is CC(Nc1nccc(-c2[nH]c(C3OCC(C)(C(=O)NCCN(C)C)CO3)nc2-c2ccc(F)cc2)n1)c1ccccc1. The fraction of sp³-hybridized carbons (Fsp3) is 0.355. The van der Waals surface area contributed by atoms with E-state index >= 15 is 0 Å². The highest BCUT2D eigenvalue weighted by Gasteiger charge is 2.40. The number of likely N-dealkylation sites (N-methyl/N-ethyl adjacent to an activating group) is 1. The highest BCUT2D eigenvalue weighted by Crippen LogP contribution is 2.35. The topological polar surface area (TPSA) is 117 Å². The molecule has 3 N–H and O–H groups in total. The van der Waals surface area contributed by atoms with Crippen molar-refractivity contribution in [2.45, 2.75) is 26.2 Å². The Labute approximate surface area is 244 Å². The van der Waals surface area contributed by atoms with Crippen LogP contribution in [-0.4, -0.2) is 71.1 Å². The van der Waals surface area contributed by atoms with Crippen LogP contribution in [0.5, 0.6) is 0 Å². The first-order valence-electron chi connectivity index (χ1n) is 13.9. The van der Waals surface area contributed by atoms with Crippen molar-refractivity contribution < 1.29 is 18.7 Å². The molecule has 5 rings (SSSR count). The molecule has 1 atom stereocenters. The van der Waals surface area contributed by atoms with E-state index < -0.39 is 11.7 Å². The van der Waals surface area contributed by atoms with Gasteiger partial charge in [-0.3, -0.25) is 4.79 Å². The van der Waals surface area contributed by atoms with Crippen molar-refractivity contribution in [3.8, 4) is 22.6 Å². The summed E-state index contributed by atoms with van der Waals surface area (Å²) >= 11 is 0. The van der Waals surface area contributed by atoms with Gasteiger partial charge in [-0.15, -0.1) is 0 Å². The molecule has 4 aromatic rings. The number of carbonyl (C=O) groups excluding carboxylic acids is 1. The number of hydrogen-bond donors (Lipinski definition) is 3. The van der Waals surface area contributed by atoms with Crippen molar-refractivity contribution in [2.24, 2.45) is 5.41 Å². The monoisotopic (exact) mass is 573 g/mol. The van der Waals surface area contributed by atoms with E-state index in [9.17, 15) is 9.18 Å². The summed E-state index contributed by atoms with van der Waals surface area (Å²) in [5.41, 5.74) is 2.73. The lowest BCUT2D eigenvalue weighted by molar-refractivity contribution is -0.231. The van der Waals surface area contributed by atoms with Crippen LogP contribution in [-0.2, 0) is 14.3 Å². The molecule has 2 aromatic carbocycles. The van der Waals surface area contributed by atoms with Crippen molar-refractivity contribution in [2.75, 3.05) is 45.7 Å². The highest BCUT2D eigenvalue weighted by molar-refractivity contribution is 5.82. The zero-order valence-electron chi connectivity index (χ0n) is 24.2. The number of aromatic amines is 1. The van der Waals surface area contributed by atoms with Gasteiger partial charge in [-0.2, -0.15) is 0 Å². The van der Waals surface area contributed by atoms with Crippen LogP contribution in [0.2, 0.25) is 0 Å². The van der Waals surface area contributed by atoms with Gasteiger partial charge in [0.15, 0.2) is 5.82 Å². The summed E-state index contributed by atoms with van der Waals surface area (Å²) in [6.45, 7) is 5.44. The number of ether oxygens (including phenoxy) is 2. The molecular weight excluding hydrogens is 537 g/mol. The van der Waals surface area contributed by atoms with Gasteiger partial charge in [0.2, 0.25) is 18.1 Å². The second kappa shape index (κ2) is 12.8. The van der Waals surface area contributed by atoms with Crippen molar-refractivity contribution in [3.63, 3.8) is 0 Å². The molecule has 1 amide bonds. The molecule has 11 heteroatoms. The van der Waals surface area contributed by atoms with E-state index in [0.29, 0.717) is 41.0 Å². The van der Waals surface area contributed by atoms with Crippen LogP contribution in [0.15, 0.2) is 66.9 Å². The Bertz CT molecular complexity index is 1490. The third kappa shape index (κ3) is 6.81. The van der Waals surface area contributed by atoms with Gasteiger partial charge >= 0.3 is 0 Å². The number of aromatic nitrogens is 4. The van der Waals surface area contributed by atoms with Gasteiger partial charge in [-0.1, -0.05) is 30.3 Å². The lowest BCUT2D eigenvalue weighted by Crippen LogP contribution is -2.49. The molecule has 2 aromatic heterocycles. The van der Waals surface area contributed by atoms with Crippen LogP contribution in [0, 0.1) is 11.2 Å². The molecule has 1 fully saturated rings. The minimum atomic E-state index is -0.833. The molecule has 10 nitrogen and oxygen atoms in total. The molecule has 0 radical (unpaired) electrons. The molecule has 3 heterocycles. The Balaban J connectivity index is 1.38. The standard InChI is InChI=1S/C31H36FN7O3/c1-20(21-8-6-5-7-9-21)35-30-34-15-14-24(36-30)26-25(22-10-12-23(32)13-11-22)37-27(38-26)28-41-18-31(2,19-42-28)29(40)33-16-17-39(3)4/h5-15,20,28H,16-19H2,1-4H3,(H,33,40)(H,37,38)(H,34,35,36). The van der Waals surface area contributed by atoms with E-state index in [1.165, 1.54) is 12.1 Å². The van der Waals surface area contributed by atoms with Crippen LogP contribution < -0.4 is 10.6 Å². The number of carbonyl (C=O) groups is 1. The second-order valence-electron chi connectivity index (χ2n) is 11.0. The maximum atomic E-state index is 13.8. The normalized spacial score (nSPS) is 19.4. The fourth-order valence-corrected chi connectivity index (χ4v) is 4.60. The van der Waals surface area contributed by atoms with Crippen LogP contribution >= 0.6 is 0 Å². The number of anilines is 1. The largest absolute Gasteiger partial charge is 0.354 e.